The molecule has 0 unspecified atom stereocenters. The molecular weight excluding hydrogens is 264 g/mol. The molecule has 2 nitrogen and oxygen atoms in total. The SMILES string of the molecule is Cc1ccc2sc(C(=O)O)cc2c1Br. The number of halogens is 1. The molecule has 0 fully saturated rings. The van der Waals surface area contributed by atoms with Crippen molar-refractivity contribution >= 4 is 43.3 Å². The summed E-state index contributed by atoms with van der Waals surface area (Å²) >= 11 is 4.76. The van der Waals surface area contributed by atoms with E-state index in [1.165, 1.54) is 11.3 Å². The maximum Gasteiger partial charge on any atom is 0.345 e. The summed E-state index contributed by atoms with van der Waals surface area (Å²) in [4.78, 5) is 11.1. The van der Waals surface area contributed by atoms with Crippen molar-refractivity contribution in [1.29, 1.82) is 0 Å². The zero-order valence-electron chi connectivity index (χ0n) is 7.37. The topological polar surface area (TPSA) is 37.3 Å². The van der Waals surface area contributed by atoms with Gasteiger partial charge in [0.15, 0.2) is 0 Å². The van der Waals surface area contributed by atoms with Crippen LogP contribution in [0.5, 0.6) is 0 Å². The highest BCUT2D eigenvalue weighted by Crippen LogP contribution is 2.33. The fraction of sp³-hybridized carbons (Fsp3) is 0.100. The lowest BCUT2D eigenvalue weighted by Gasteiger charge is -1.97. The van der Waals surface area contributed by atoms with Crippen molar-refractivity contribution < 1.29 is 9.90 Å². The number of thiophene rings is 1. The van der Waals surface area contributed by atoms with E-state index in [2.05, 4.69) is 15.9 Å². The second-order valence-electron chi connectivity index (χ2n) is 3.02. The predicted molar refractivity (Wildman–Crippen MR) is 61.2 cm³/mol. The van der Waals surface area contributed by atoms with Crippen LogP contribution in [-0.4, -0.2) is 11.1 Å². The lowest BCUT2D eigenvalue weighted by molar-refractivity contribution is 0.0702. The summed E-state index contributed by atoms with van der Waals surface area (Å²) < 4.78 is 1.98. The highest BCUT2D eigenvalue weighted by Gasteiger charge is 2.10. The van der Waals surface area contributed by atoms with Crippen molar-refractivity contribution in [3.63, 3.8) is 0 Å². The molecule has 0 atom stereocenters. The van der Waals surface area contributed by atoms with Crippen molar-refractivity contribution in [2.24, 2.45) is 0 Å². The first kappa shape index (κ1) is 9.68. The Morgan fingerprint density at radius 2 is 2.21 bits per heavy atom. The van der Waals surface area contributed by atoms with Gasteiger partial charge in [-0.3, -0.25) is 0 Å². The van der Waals surface area contributed by atoms with Gasteiger partial charge in [0.1, 0.15) is 4.88 Å². The van der Waals surface area contributed by atoms with Crippen LogP contribution >= 0.6 is 27.3 Å². The van der Waals surface area contributed by atoms with Crippen LogP contribution < -0.4 is 0 Å². The standard InChI is InChI=1S/C10H7BrO2S/c1-5-2-3-7-6(9(5)11)4-8(14-7)10(12)13/h2-4H,1H3,(H,12,13). The Morgan fingerprint density at radius 1 is 1.50 bits per heavy atom. The van der Waals surface area contributed by atoms with E-state index in [1.807, 2.05) is 19.1 Å². The van der Waals surface area contributed by atoms with E-state index in [-0.39, 0.29) is 0 Å². The van der Waals surface area contributed by atoms with Gasteiger partial charge >= 0.3 is 5.97 Å². The van der Waals surface area contributed by atoms with E-state index in [9.17, 15) is 4.79 Å². The highest BCUT2D eigenvalue weighted by molar-refractivity contribution is 9.10. The van der Waals surface area contributed by atoms with E-state index in [0.29, 0.717) is 4.88 Å². The van der Waals surface area contributed by atoms with Crippen LogP contribution in [0.3, 0.4) is 0 Å². The number of benzene rings is 1. The predicted octanol–water partition coefficient (Wildman–Crippen LogP) is 3.67. The lowest BCUT2D eigenvalue weighted by atomic mass is 10.2. The third-order valence-electron chi connectivity index (χ3n) is 2.04. The fourth-order valence-corrected chi connectivity index (χ4v) is 2.79. The second kappa shape index (κ2) is 3.37. The Kier molecular flexibility index (Phi) is 2.33. The van der Waals surface area contributed by atoms with E-state index in [0.717, 1.165) is 20.1 Å². The summed E-state index contributed by atoms with van der Waals surface area (Å²) in [5.74, 6) is -0.865. The van der Waals surface area contributed by atoms with Gasteiger partial charge in [0.25, 0.3) is 0 Å². The Hall–Kier alpha value is -0.870. The van der Waals surface area contributed by atoms with Crippen LogP contribution in [0.15, 0.2) is 22.7 Å². The summed E-state index contributed by atoms with van der Waals surface area (Å²) in [6, 6.07) is 5.64. The maximum absolute atomic E-state index is 10.8. The molecule has 1 aromatic carbocycles. The summed E-state index contributed by atoms with van der Waals surface area (Å²) in [5.41, 5.74) is 1.12. The van der Waals surface area contributed by atoms with Crippen LogP contribution in [0, 0.1) is 6.92 Å². The number of hydrogen-bond donors (Lipinski definition) is 1. The third kappa shape index (κ3) is 1.44. The minimum atomic E-state index is -0.865. The van der Waals surface area contributed by atoms with E-state index in [4.69, 9.17) is 5.11 Å². The summed E-state index contributed by atoms with van der Waals surface area (Å²) in [5, 5.41) is 9.82. The van der Waals surface area contributed by atoms with E-state index >= 15 is 0 Å². The van der Waals surface area contributed by atoms with E-state index in [1.54, 1.807) is 6.07 Å². The Morgan fingerprint density at radius 3 is 2.86 bits per heavy atom. The monoisotopic (exact) mass is 270 g/mol. The van der Waals surface area contributed by atoms with Crippen molar-refractivity contribution in [2.45, 2.75) is 6.92 Å². The maximum atomic E-state index is 10.8. The molecule has 0 aliphatic carbocycles. The van der Waals surface area contributed by atoms with Crippen LogP contribution in [0.1, 0.15) is 15.2 Å². The van der Waals surface area contributed by atoms with E-state index < -0.39 is 5.97 Å². The van der Waals surface area contributed by atoms with Gasteiger partial charge in [-0.05, 0) is 40.5 Å². The Balaban J connectivity index is 2.77. The van der Waals surface area contributed by atoms with Gasteiger partial charge in [0.05, 0.1) is 0 Å². The molecule has 0 spiro atoms. The van der Waals surface area contributed by atoms with Gasteiger partial charge in [0.2, 0.25) is 0 Å². The first-order valence-corrected chi connectivity index (χ1v) is 5.62. The molecule has 2 aromatic rings. The van der Waals surface area contributed by atoms with Gasteiger partial charge in [-0.25, -0.2) is 4.79 Å². The van der Waals surface area contributed by atoms with Gasteiger partial charge < -0.3 is 5.11 Å². The molecule has 72 valence electrons. The quantitative estimate of drug-likeness (QED) is 0.859. The zero-order valence-corrected chi connectivity index (χ0v) is 9.78. The highest BCUT2D eigenvalue weighted by atomic mass is 79.9. The smallest absolute Gasteiger partial charge is 0.345 e. The number of hydrogen-bond acceptors (Lipinski definition) is 2. The summed E-state index contributed by atoms with van der Waals surface area (Å²) in [7, 11) is 0. The molecule has 2 rings (SSSR count). The molecule has 0 amide bonds. The molecule has 1 aromatic heterocycles. The molecule has 0 saturated carbocycles. The van der Waals surface area contributed by atoms with Crippen molar-refractivity contribution in [2.75, 3.05) is 0 Å². The molecule has 0 bridgehead atoms. The Labute approximate surface area is 93.3 Å². The van der Waals surface area contributed by atoms with Gasteiger partial charge in [-0.2, -0.15) is 0 Å². The molecule has 0 saturated heterocycles. The normalized spacial score (nSPS) is 10.7. The van der Waals surface area contributed by atoms with Crippen LogP contribution in [-0.2, 0) is 0 Å². The minimum Gasteiger partial charge on any atom is -0.477 e. The largest absolute Gasteiger partial charge is 0.477 e. The molecular formula is C10H7BrO2S. The number of rotatable bonds is 1. The average molecular weight is 271 g/mol. The van der Waals surface area contributed by atoms with Crippen molar-refractivity contribution in [3.05, 3.63) is 33.1 Å². The molecule has 14 heavy (non-hydrogen) atoms. The first-order valence-electron chi connectivity index (χ1n) is 4.01. The molecule has 0 aliphatic rings. The third-order valence-corrected chi connectivity index (χ3v) is 4.18. The van der Waals surface area contributed by atoms with Crippen molar-refractivity contribution in [3.8, 4) is 0 Å². The summed E-state index contributed by atoms with van der Waals surface area (Å²) in [6.45, 7) is 1.99. The number of aromatic carboxylic acids is 1. The number of carboxylic acid groups (broad SMARTS) is 1. The van der Waals surface area contributed by atoms with Gasteiger partial charge in [-0.1, -0.05) is 6.07 Å². The fourth-order valence-electron chi connectivity index (χ4n) is 1.29. The molecule has 4 heteroatoms. The van der Waals surface area contributed by atoms with Crippen molar-refractivity contribution in [1.82, 2.24) is 0 Å². The van der Waals surface area contributed by atoms with Gasteiger partial charge in [0, 0.05) is 14.6 Å². The zero-order chi connectivity index (χ0) is 10.3. The molecule has 1 N–H and O–H groups in total. The van der Waals surface area contributed by atoms with Crippen LogP contribution in [0.25, 0.3) is 10.1 Å². The minimum absolute atomic E-state index is 0.381. The molecule has 0 aliphatic heterocycles. The second-order valence-corrected chi connectivity index (χ2v) is 4.90. The van der Waals surface area contributed by atoms with Gasteiger partial charge in [-0.15, -0.1) is 11.3 Å². The molecule has 0 radical (unpaired) electrons. The number of carboxylic acids is 1. The number of carbonyl (C=O) groups is 1. The average Bonchev–Trinajstić information content (AvgIpc) is 2.56. The Bertz CT molecular complexity index is 516. The lowest BCUT2D eigenvalue weighted by Crippen LogP contribution is -1.89. The first-order chi connectivity index (χ1) is 6.59. The summed E-state index contributed by atoms with van der Waals surface area (Å²) in [6.07, 6.45) is 0. The number of aryl methyl sites for hydroxylation is 1. The number of fused-ring (bicyclic) bond motifs is 1. The van der Waals surface area contributed by atoms with Crippen LogP contribution in [0.2, 0.25) is 0 Å². The molecule has 1 heterocycles. The van der Waals surface area contributed by atoms with Crippen LogP contribution in [0.4, 0.5) is 0 Å².